The number of benzene rings is 1. The van der Waals surface area contributed by atoms with Crippen molar-refractivity contribution in [3.8, 4) is 6.07 Å². The van der Waals surface area contributed by atoms with Crippen molar-refractivity contribution in [1.82, 2.24) is 0 Å². The van der Waals surface area contributed by atoms with Gasteiger partial charge in [-0.15, -0.1) is 0 Å². The molecule has 0 spiro atoms. The zero-order valence-electron chi connectivity index (χ0n) is 10.0. The van der Waals surface area contributed by atoms with Gasteiger partial charge in [0.2, 0.25) is 5.91 Å². The molecular weight excluding hydrogens is 248 g/mol. The minimum absolute atomic E-state index is 0.0467. The van der Waals surface area contributed by atoms with Crippen LogP contribution in [0.5, 0.6) is 0 Å². The molecule has 2 rings (SSSR count). The summed E-state index contributed by atoms with van der Waals surface area (Å²) in [6.45, 7) is 0. The summed E-state index contributed by atoms with van der Waals surface area (Å²) in [5.41, 5.74) is 5.08. The molecular formula is C12H12N4O3. The van der Waals surface area contributed by atoms with Gasteiger partial charge in [-0.2, -0.15) is 5.26 Å². The summed E-state index contributed by atoms with van der Waals surface area (Å²) in [6, 6.07) is 5.53. The van der Waals surface area contributed by atoms with Gasteiger partial charge in [0.25, 0.3) is 5.69 Å². The molecule has 1 aliphatic rings. The fourth-order valence-corrected chi connectivity index (χ4v) is 1.88. The zero-order chi connectivity index (χ0) is 14.0. The Bertz CT molecular complexity index is 587. The van der Waals surface area contributed by atoms with Gasteiger partial charge >= 0.3 is 0 Å². The first-order valence-corrected chi connectivity index (χ1v) is 5.75. The second-order valence-corrected chi connectivity index (χ2v) is 4.56. The molecule has 0 aliphatic heterocycles. The highest BCUT2D eigenvalue weighted by molar-refractivity contribution is 5.99. The van der Waals surface area contributed by atoms with E-state index in [1.807, 2.05) is 6.07 Å². The lowest BCUT2D eigenvalue weighted by Gasteiger charge is -2.36. The van der Waals surface area contributed by atoms with Gasteiger partial charge in [0.1, 0.15) is 6.07 Å². The molecule has 0 atom stereocenters. The number of hydrogen-bond donors (Lipinski definition) is 2. The van der Waals surface area contributed by atoms with Gasteiger partial charge in [-0.3, -0.25) is 14.9 Å². The van der Waals surface area contributed by atoms with Crippen molar-refractivity contribution < 1.29 is 9.72 Å². The van der Waals surface area contributed by atoms with E-state index < -0.39 is 10.5 Å². The second-order valence-electron chi connectivity index (χ2n) is 4.56. The van der Waals surface area contributed by atoms with Crippen molar-refractivity contribution in [3.63, 3.8) is 0 Å². The third-order valence-electron chi connectivity index (χ3n) is 3.28. The Hall–Kier alpha value is -2.46. The van der Waals surface area contributed by atoms with Crippen LogP contribution in [0.2, 0.25) is 0 Å². The van der Waals surface area contributed by atoms with Gasteiger partial charge in [0.15, 0.2) is 0 Å². The van der Waals surface area contributed by atoms with Crippen LogP contribution in [-0.4, -0.2) is 16.4 Å². The van der Waals surface area contributed by atoms with Crippen molar-refractivity contribution in [2.45, 2.75) is 24.8 Å². The highest BCUT2D eigenvalue weighted by Crippen LogP contribution is 2.31. The van der Waals surface area contributed by atoms with Gasteiger partial charge in [0.05, 0.1) is 21.7 Å². The second kappa shape index (κ2) is 4.66. The van der Waals surface area contributed by atoms with Gasteiger partial charge in [-0.1, -0.05) is 0 Å². The largest absolute Gasteiger partial charge is 0.323 e. The molecule has 0 aromatic heterocycles. The molecule has 1 aromatic rings. The molecule has 7 nitrogen and oxygen atoms in total. The number of nitrogens with zero attached hydrogens (tertiary/aromatic N) is 2. The first kappa shape index (κ1) is 13.0. The first-order chi connectivity index (χ1) is 8.96. The highest BCUT2D eigenvalue weighted by Gasteiger charge is 2.40. The van der Waals surface area contributed by atoms with E-state index in [4.69, 9.17) is 11.0 Å². The number of rotatable bonds is 3. The normalized spacial score (nSPS) is 16.0. The summed E-state index contributed by atoms with van der Waals surface area (Å²) in [4.78, 5) is 21.9. The van der Waals surface area contributed by atoms with Crippen LogP contribution in [0.25, 0.3) is 0 Å². The van der Waals surface area contributed by atoms with E-state index in [1.54, 1.807) is 0 Å². The number of nitro benzene ring substituents is 1. The molecule has 0 radical (unpaired) electrons. The predicted octanol–water partition coefficient (Wildman–Crippen LogP) is 1.29. The topological polar surface area (TPSA) is 122 Å². The van der Waals surface area contributed by atoms with Crippen LogP contribution in [0.4, 0.5) is 11.4 Å². The van der Waals surface area contributed by atoms with Crippen molar-refractivity contribution in [1.29, 1.82) is 5.26 Å². The third kappa shape index (κ3) is 2.39. The minimum atomic E-state index is -0.880. The average molecular weight is 260 g/mol. The minimum Gasteiger partial charge on any atom is -0.323 e. The Morgan fingerprint density at radius 1 is 1.53 bits per heavy atom. The number of nitro groups is 1. The van der Waals surface area contributed by atoms with Crippen LogP contribution < -0.4 is 11.1 Å². The van der Waals surface area contributed by atoms with Crippen LogP contribution in [-0.2, 0) is 4.79 Å². The molecule has 1 fully saturated rings. The van der Waals surface area contributed by atoms with Crippen LogP contribution in [0, 0.1) is 21.4 Å². The van der Waals surface area contributed by atoms with E-state index in [1.165, 1.54) is 12.1 Å². The van der Waals surface area contributed by atoms with Gasteiger partial charge in [-0.05, 0) is 25.3 Å². The number of nitrogens with two attached hydrogens (primary N) is 1. The molecule has 0 bridgehead atoms. The Kier molecular flexibility index (Phi) is 3.19. The average Bonchev–Trinajstić information content (AvgIpc) is 2.35. The van der Waals surface area contributed by atoms with Crippen molar-refractivity contribution in [2.75, 3.05) is 5.32 Å². The molecule has 19 heavy (non-hydrogen) atoms. The lowest BCUT2D eigenvalue weighted by Crippen LogP contribution is -2.56. The Morgan fingerprint density at radius 3 is 2.68 bits per heavy atom. The zero-order valence-corrected chi connectivity index (χ0v) is 10.0. The molecule has 98 valence electrons. The number of amides is 1. The fourth-order valence-electron chi connectivity index (χ4n) is 1.88. The predicted molar refractivity (Wildman–Crippen MR) is 67.2 cm³/mol. The maximum atomic E-state index is 11.9. The van der Waals surface area contributed by atoms with Crippen molar-refractivity contribution in [3.05, 3.63) is 33.9 Å². The summed E-state index contributed by atoms with van der Waals surface area (Å²) in [6.07, 6.45) is 2.11. The Balaban J connectivity index is 2.23. The standard InChI is InChI=1S/C12H12N4O3/c13-7-8-6-9(16(18)19)2-3-10(8)15-11(17)12(14)4-1-5-12/h2-3,6H,1,4-5,14H2,(H,15,17). The smallest absolute Gasteiger partial charge is 0.270 e. The van der Waals surface area contributed by atoms with Crippen LogP contribution >= 0.6 is 0 Å². The summed E-state index contributed by atoms with van der Waals surface area (Å²) in [5.74, 6) is -0.357. The van der Waals surface area contributed by atoms with E-state index in [0.717, 1.165) is 12.5 Å². The lowest BCUT2D eigenvalue weighted by molar-refractivity contribution is -0.384. The number of non-ortho nitro benzene ring substituents is 1. The first-order valence-electron chi connectivity index (χ1n) is 5.75. The molecule has 3 N–H and O–H groups in total. The van der Waals surface area contributed by atoms with E-state index in [0.29, 0.717) is 12.8 Å². The molecule has 1 saturated carbocycles. The van der Waals surface area contributed by atoms with Gasteiger partial charge in [-0.25, -0.2) is 0 Å². The number of carbonyl (C=O) groups excluding carboxylic acids is 1. The molecule has 1 aliphatic carbocycles. The monoisotopic (exact) mass is 260 g/mol. The molecule has 1 amide bonds. The van der Waals surface area contributed by atoms with Crippen LogP contribution in [0.15, 0.2) is 18.2 Å². The van der Waals surface area contributed by atoms with Gasteiger partial charge < -0.3 is 11.1 Å². The Morgan fingerprint density at radius 2 is 2.21 bits per heavy atom. The summed E-state index contributed by atoms with van der Waals surface area (Å²) in [7, 11) is 0. The number of nitriles is 1. The van der Waals surface area contributed by atoms with Gasteiger partial charge in [0, 0.05) is 12.1 Å². The quantitative estimate of drug-likeness (QED) is 0.626. The maximum absolute atomic E-state index is 11.9. The number of anilines is 1. The number of nitrogens with one attached hydrogen (secondary N) is 1. The third-order valence-corrected chi connectivity index (χ3v) is 3.28. The van der Waals surface area contributed by atoms with Crippen LogP contribution in [0.3, 0.4) is 0 Å². The number of carbonyl (C=O) groups is 1. The fraction of sp³-hybridized carbons (Fsp3) is 0.333. The van der Waals surface area contributed by atoms with Crippen molar-refractivity contribution in [2.24, 2.45) is 5.73 Å². The highest BCUT2D eigenvalue weighted by atomic mass is 16.6. The molecule has 7 heteroatoms. The summed E-state index contributed by atoms with van der Waals surface area (Å²) >= 11 is 0. The lowest BCUT2D eigenvalue weighted by atomic mass is 9.77. The van der Waals surface area contributed by atoms with E-state index in [9.17, 15) is 14.9 Å². The molecule has 0 heterocycles. The molecule has 1 aromatic carbocycles. The van der Waals surface area contributed by atoms with E-state index in [-0.39, 0.29) is 22.8 Å². The summed E-state index contributed by atoms with van der Waals surface area (Å²) in [5, 5.41) is 22.1. The molecule has 0 saturated heterocycles. The summed E-state index contributed by atoms with van der Waals surface area (Å²) < 4.78 is 0. The van der Waals surface area contributed by atoms with Crippen LogP contribution in [0.1, 0.15) is 24.8 Å². The number of hydrogen-bond acceptors (Lipinski definition) is 5. The molecule has 0 unspecified atom stereocenters. The maximum Gasteiger partial charge on any atom is 0.270 e. The Labute approximate surface area is 109 Å². The SMILES string of the molecule is N#Cc1cc([N+](=O)[O-])ccc1NC(=O)C1(N)CCC1. The van der Waals surface area contributed by atoms with Crippen molar-refractivity contribution >= 4 is 17.3 Å². The van der Waals surface area contributed by atoms with E-state index >= 15 is 0 Å². The van der Waals surface area contributed by atoms with E-state index in [2.05, 4.69) is 5.32 Å².